The number of carbonyl (C=O) groups excluding carboxylic acids is 1. The lowest BCUT2D eigenvalue weighted by atomic mass is 10.1. The molecule has 2 heterocycles. The molecule has 0 fully saturated rings. The Bertz CT molecular complexity index is 791. The molecule has 0 saturated heterocycles. The highest BCUT2D eigenvalue weighted by atomic mass is 16.1. The van der Waals surface area contributed by atoms with Crippen LogP contribution >= 0.6 is 0 Å². The second-order valence-electron chi connectivity index (χ2n) is 4.65. The zero-order valence-corrected chi connectivity index (χ0v) is 11.3. The Balaban J connectivity index is 1.95. The average Bonchev–Trinajstić information content (AvgIpc) is 2.88. The number of aryl methyl sites for hydroxylation is 1. The number of nitrogens with one attached hydrogen (secondary N) is 1. The summed E-state index contributed by atoms with van der Waals surface area (Å²) in [7, 11) is 0. The zero-order chi connectivity index (χ0) is 14.1. The molecule has 0 aliphatic heterocycles. The third-order valence-corrected chi connectivity index (χ3v) is 3.38. The standard InChI is InChI=1S/C15H14N4O/c1-10-5-3-6-13(11(10)2)18-15(20)12-9-17-19-8-4-7-16-14(12)19/h3-9H,1-2H3,(H,18,20). The van der Waals surface area contributed by atoms with Gasteiger partial charge in [0.1, 0.15) is 5.56 Å². The Morgan fingerprint density at radius 1 is 1.25 bits per heavy atom. The van der Waals surface area contributed by atoms with Crippen molar-refractivity contribution in [1.29, 1.82) is 0 Å². The van der Waals surface area contributed by atoms with E-state index in [0.717, 1.165) is 16.8 Å². The summed E-state index contributed by atoms with van der Waals surface area (Å²) in [6.07, 6.45) is 4.94. The molecule has 3 rings (SSSR count). The van der Waals surface area contributed by atoms with Crippen molar-refractivity contribution in [3.8, 4) is 0 Å². The first-order valence-corrected chi connectivity index (χ1v) is 6.33. The van der Waals surface area contributed by atoms with Crippen molar-refractivity contribution in [2.45, 2.75) is 13.8 Å². The first-order valence-electron chi connectivity index (χ1n) is 6.33. The van der Waals surface area contributed by atoms with Gasteiger partial charge in [0.2, 0.25) is 0 Å². The van der Waals surface area contributed by atoms with Gasteiger partial charge in [-0.3, -0.25) is 4.79 Å². The molecule has 0 saturated carbocycles. The summed E-state index contributed by atoms with van der Waals surface area (Å²) < 4.78 is 1.58. The minimum atomic E-state index is -0.201. The molecule has 0 aliphatic carbocycles. The number of hydrogen-bond donors (Lipinski definition) is 1. The molecule has 1 aromatic carbocycles. The van der Waals surface area contributed by atoms with Crippen molar-refractivity contribution < 1.29 is 4.79 Å². The Morgan fingerprint density at radius 2 is 2.10 bits per heavy atom. The second-order valence-corrected chi connectivity index (χ2v) is 4.65. The van der Waals surface area contributed by atoms with Crippen molar-refractivity contribution in [1.82, 2.24) is 14.6 Å². The molecule has 5 nitrogen and oxygen atoms in total. The molecule has 20 heavy (non-hydrogen) atoms. The van der Waals surface area contributed by atoms with Gasteiger partial charge in [0.25, 0.3) is 5.91 Å². The van der Waals surface area contributed by atoms with E-state index in [4.69, 9.17) is 0 Å². The molecule has 1 N–H and O–H groups in total. The van der Waals surface area contributed by atoms with Crippen LogP contribution in [-0.4, -0.2) is 20.5 Å². The summed E-state index contributed by atoms with van der Waals surface area (Å²) >= 11 is 0. The normalized spacial score (nSPS) is 10.7. The van der Waals surface area contributed by atoms with Gasteiger partial charge in [-0.2, -0.15) is 5.10 Å². The van der Waals surface area contributed by atoms with E-state index in [9.17, 15) is 4.79 Å². The van der Waals surface area contributed by atoms with Crippen LogP contribution in [-0.2, 0) is 0 Å². The van der Waals surface area contributed by atoms with Crippen LogP contribution in [0.25, 0.3) is 5.65 Å². The Hall–Kier alpha value is -2.69. The van der Waals surface area contributed by atoms with Crippen LogP contribution in [0.4, 0.5) is 5.69 Å². The van der Waals surface area contributed by atoms with Crippen LogP contribution in [0.15, 0.2) is 42.9 Å². The Morgan fingerprint density at radius 3 is 2.95 bits per heavy atom. The van der Waals surface area contributed by atoms with Crippen LogP contribution in [0.5, 0.6) is 0 Å². The highest BCUT2D eigenvalue weighted by Crippen LogP contribution is 2.19. The molecule has 0 atom stereocenters. The fourth-order valence-corrected chi connectivity index (χ4v) is 2.06. The molecular formula is C15H14N4O. The zero-order valence-electron chi connectivity index (χ0n) is 11.3. The maximum atomic E-state index is 12.3. The van der Waals surface area contributed by atoms with Gasteiger partial charge in [0.05, 0.1) is 6.20 Å². The van der Waals surface area contributed by atoms with Crippen molar-refractivity contribution in [3.63, 3.8) is 0 Å². The molecular weight excluding hydrogens is 252 g/mol. The number of hydrogen-bond acceptors (Lipinski definition) is 3. The molecule has 2 aromatic heterocycles. The predicted molar refractivity (Wildman–Crippen MR) is 76.9 cm³/mol. The molecule has 1 amide bonds. The molecule has 100 valence electrons. The van der Waals surface area contributed by atoms with Crippen LogP contribution < -0.4 is 5.32 Å². The number of carbonyl (C=O) groups is 1. The predicted octanol–water partition coefficient (Wildman–Crippen LogP) is 2.60. The van der Waals surface area contributed by atoms with Crippen LogP contribution in [0.2, 0.25) is 0 Å². The van der Waals surface area contributed by atoms with Crippen molar-refractivity contribution in [3.05, 3.63) is 59.5 Å². The third kappa shape index (κ3) is 2.03. The minimum absolute atomic E-state index is 0.201. The van der Waals surface area contributed by atoms with E-state index < -0.39 is 0 Å². The number of fused-ring (bicyclic) bond motifs is 1. The molecule has 0 bridgehead atoms. The van der Waals surface area contributed by atoms with Crippen molar-refractivity contribution in [2.24, 2.45) is 0 Å². The van der Waals surface area contributed by atoms with E-state index >= 15 is 0 Å². The number of anilines is 1. The van der Waals surface area contributed by atoms with Gasteiger partial charge in [-0.05, 0) is 37.1 Å². The van der Waals surface area contributed by atoms with Gasteiger partial charge in [0, 0.05) is 18.1 Å². The van der Waals surface area contributed by atoms with Gasteiger partial charge in [-0.25, -0.2) is 9.50 Å². The molecule has 0 spiro atoms. The molecule has 0 aliphatic rings. The van der Waals surface area contributed by atoms with E-state index in [1.165, 1.54) is 6.20 Å². The highest BCUT2D eigenvalue weighted by Gasteiger charge is 2.14. The average molecular weight is 266 g/mol. The lowest BCUT2D eigenvalue weighted by molar-refractivity contribution is 0.102. The maximum absolute atomic E-state index is 12.3. The topological polar surface area (TPSA) is 59.3 Å². The minimum Gasteiger partial charge on any atom is -0.322 e. The molecule has 3 aromatic rings. The van der Waals surface area contributed by atoms with Crippen LogP contribution in [0.3, 0.4) is 0 Å². The van der Waals surface area contributed by atoms with E-state index in [0.29, 0.717) is 11.2 Å². The maximum Gasteiger partial charge on any atom is 0.261 e. The molecule has 0 radical (unpaired) electrons. The monoisotopic (exact) mass is 266 g/mol. The first-order chi connectivity index (χ1) is 9.66. The number of aromatic nitrogens is 3. The van der Waals surface area contributed by atoms with Crippen molar-refractivity contribution >= 4 is 17.2 Å². The van der Waals surface area contributed by atoms with E-state index in [1.54, 1.807) is 23.0 Å². The van der Waals surface area contributed by atoms with Gasteiger partial charge in [-0.1, -0.05) is 12.1 Å². The lowest BCUT2D eigenvalue weighted by Gasteiger charge is -2.09. The largest absolute Gasteiger partial charge is 0.322 e. The summed E-state index contributed by atoms with van der Waals surface area (Å²) in [4.78, 5) is 16.5. The van der Waals surface area contributed by atoms with Gasteiger partial charge in [0.15, 0.2) is 5.65 Å². The van der Waals surface area contributed by atoms with Crippen molar-refractivity contribution in [2.75, 3.05) is 5.32 Å². The van der Waals surface area contributed by atoms with E-state index in [-0.39, 0.29) is 5.91 Å². The summed E-state index contributed by atoms with van der Waals surface area (Å²) in [5.74, 6) is -0.201. The third-order valence-electron chi connectivity index (χ3n) is 3.38. The highest BCUT2D eigenvalue weighted by molar-refractivity contribution is 6.08. The summed E-state index contributed by atoms with van der Waals surface area (Å²) in [5.41, 5.74) is 4.03. The Kier molecular flexibility index (Phi) is 2.95. The van der Waals surface area contributed by atoms with Gasteiger partial charge in [-0.15, -0.1) is 0 Å². The van der Waals surface area contributed by atoms with Crippen LogP contribution in [0, 0.1) is 13.8 Å². The number of rotatable bonds is 2. The second kappa shape index (κ2) is 4.77. The number of nitrogens with zero attached hydrogens (tertiary/aromatic N) is 3. The smallest absolute Gasteiger partial charge is 0.261 e. The Labute approximate surface area is 116 Å². The lowest BCUT2D eigenvalue weighted by Crippen LogP contribution is -2.13. The fraction of sp³-hybridized carbons (Fsp3) is 0.133. The fourth-order valence-electron chi connectivity index (χ4n) is 2.06. The molecule has 5 heteroatoms. The van der Waals surface area contributed by atoms with Gasteiger partial charge < -0.3 is 5.32 Å². The summed E-state index contributed by atoms with van der Waals surface area (Å²) in [6.45, 7) is 4.00. The SMILES string of the molecule is Cc1cccc(NC(=O)c2cnn3cccnc23)c1C. The summed E-state index contributed by atoms with van der Waals surface area (Å²) in [5, 5.41) is 7.03. The molecule has 0 unspecified atom stereocenters. The number of amides is 1. The summed E-state index contributed by atoms with van der Waals surface area (Å²) in [6, 6.07) is 7.60. The van der Waals surface area contributed by atoms with E-state index in [1.807, 2.05) is 32.0 Å². The number of benzene rings is 1. The van der Waals surface area contributed by atoms with Gasteiger partial charge >= 0.3 is 0 Å². The first kappa shape index (κ1) is 12.3. The van der Waals surface area contributed by atoms with Crippen LogP contribution in [0.1, 0.15) is 21.5 Å². The van der Waals surface area contributed by atoms with E-state index in [2.05, 4.69) is 15.4 Å². The quantitative estimate of drug-likeness (QED) is 0.775.